The fourth-order valence-corrected chi connectivity index (χ4v) is 3.07. The van der Waals surface area contributed by atoms with Crippen molar-refractivity contribution in [3.8, 4) is 11.5 Å². The van der Waals surface area contributed by atoms with Gasteiger partial charge in [0.1, 0.15) is 24.7 Å². The van der Waals surface area contributed by atoms with Gasteiger partial charge in [0.25, 0.3) is 10.1 Å². The van der Waals surface area contributed by atoms with E-state index in [0.29, 0.717) is 0 Å². The van der Waals surface area contributed by atoms with Crippen LogP contribution in [0.15, 0.2) is 30.3 Å². The SMILES string of the molecule is CS(=O)(=O)OCCOc1ccc2c(c1)C(=O)c1c(O)ccc(N)c1C2=O. The minimum atomic E-state index is -3.57. The number of ketones is 2. The summed E-state index contributed by atoms with van der Waals surface area (Å²) < 4.78 is 31.7. The number of hydrogen-bond acceptors (Lipinski definition) is 8. The predicted molar refractivity (Wildman–Crippen MR) is 92.1 cm³/mol. The van der Waals surface area contributed by atoms with Gasteiger partial charge in [0.05, 0.1) is 17.4 Å². The van der Waals surface area contributed by atoms with Gasteiger partial charge in [-0.2, -0.15) is 8.42 Å². The third kappa shape index (κ3) is 3.26. The molecule has 0 aromatic heterocycles. The van der Waals surface area contributed by atoms with Gasteiger partial charge in [0.15, 0.2) is 11.6 Å². The number of benzene rings is 2. The average molecular weight is 377 g/mol. The lowest BCUT2D eigenvalue weighted by molar-refractivity contribution is 0.0977. The second-order valence-corrected chi connectivity index (χ2v) is 7.31. The minimum Gasteiger partial charge on any atom is -0.507 e. The monoisotopic (exact) mass is 377 g/mol. The Hall–Kier alpha value is -2.91. The summed E-state index contributed by atoms with van der Waals surface area (Å²) in [7, 11) is -3.57. The lowest BCUT2D eigenvalue weighted by Gasteiger charge is -2.20. The third-order valence-corrected chi connectivity index (χ3v) is 4.39. The number of fused-ring (bicyclic) bond motifs is 2. The highest BCUT2D eigenvalue weighted by atomic mass is 32.2. The number of nitrogen functional groups attached to an aromatic ring is 1. The summed E-state index contributed by atoms with van der Waals surface area (Å²) in [6.45, 7) is -0.258. The highest BCUT2D eigenvalue weighted by Gasteiger charge is 2.33. The van der Waals surface area contributed by atoms with E-state index in [4.69, 9.17) is 10.5 Å². The van der Waals surface area contributed by atoms with Crippen LogP contribution in [0, 0.1) is 0 Å². The Labute approximate surface area is 149 Å². The van der Waals surface area contributed by atoms with Crippen molar-refractivity contribution in [2.45, 2.75) is 0 Å². The number of carbonyl (C=O) groups is 2. The molecule has 1 aliphatic carbocycles. The first-order valence-electron chi connectivity index (χ1n) is 7.51. The van der Waals surface area contributed by atoms with Crippen LogP contribution < -0.4 is 10.5 Å². The van der Waals surface area contributed by atoms with Crippen LogP contribution in [0.5, 0.6) is 11.5 Å². The zero-order chi connectivity index (χ0) is 19.1. The quantitative estimate of drug-likeness (QED) is 0.292. The number of phenols is 1. The third-order valence-electron chi connectivity index (χ3n) is 3.80. The first-order chi connectivity index (χ1) is 12.2. The van der Waals surface area contributed by atoms with Crippen molar-refractivity contribution in [1.29, 1.82) is 0 Å². The van der Waals surface area contributed by atoms with Crippen molar-refractivity contribution in [2.24, 2.45) is 0 Å². The molecule has 0 aliphatic heterocycles. The second-order valence-electron chi connectivity index (χ2n) is 5.66. The van der Waals surface area contributed by atoms with E-state index in [1.165, 1.54) is 30.3 Å². The molecular formula is C17H15NO7S. The molecule has 0 amide bonds. The molecule has 0 atom stereocenters. The van der Waals surface area contributed by atoms with Gasteiger partial charge in [-0.05, 0) is 30.3 Å². The maximum atomic E-state index is 12.7. The van der Waals surface area contributed by atoms with Crippen molar-refractivity contribution in [1.82, 2.24) is 0 Å². The van der Waals surface area contributed by atoms with Crippen LogP contribution in [0.4, 0.5) is 5.69 Å². The molecule has 0 saturated carbocycles. The van der Waals surface area contributed by atoms with Crippen LogP contribution >= 0.6 is 0 Å². The zero-order valence-electron chi connectivity index (χ0n) is 13.7. The van der Waals surface area contributed by atoms with Crippen molar-refractivity contribution < 1.29 is 32.0 Å². The number of ether oxygens (including phenoxy) is 1. The Kier molecular flexibility index (Phi) is 4.43. The lowest BCUT2D eigenvalue weighted by atomic mass is 9.82. The lowest BCUT2D eigenvalue weighted by Crippen LogP contribution is -2.22. The molecule has 0 heterocycles. The van der Waals surface area contributed by atoms with E-state index < -0.39 is 21.7 Å². The molecule has 0 unspecified atom stereocenters. The molecule has 1 aliphatic rings. The van der Waals surface area contributed by atoms with Gasteiger partial charge in [-0.15, -0.1) is 0 Å². The molecule has 0 radical (unpaired) electrons. The predicted octanol–water partition coefficient (Wildman–Crippen LogP) is 1.10. The maximum absolute atomic E-state index is 12.7. The first kappa shape index (κ1) is 17.9. The molecule has 0 spiro atoms. The molecule has 0 saturated heterocycles. The molecule has 0 bridgehead atoms. The molecule has 3 N–H and O–H groups in total. The Morgan fingerprint density at radius 2 is 1.69 bits per heavy atom. The Bertz CT molecular complexity index is 1030. The fraction of sp³-hybridized carbons (Fsp3) is 0.176. The summed E-state index contributed by atoms with van der Waals surface area (Å²) in [5.41, 5.74) is 5.98. The average Bonchev–Trinajstić information content (AvgIpc) is 2.57. The van der Waals surface area contributed by atoms with Crippen LogP contribution in [-0.2, 0) is 14.3 Å². The van der Waals surface area contributed by atoms with Crippen LogP contribution in [0.2, 0.25) is 0 Å². The standard InChI is InChI=1S/C17H15NO7S/c1-26(22,23)25-7-6-24-9-2-3-10-11(8-9)17(21)15-13(19)5-4-12(18)14(15)16(10)20/h2-5,8,19H,6-7,18H2,1H3. The van der Waals surface area contributed by atoms with Crippen LogP contribution in [0.3, 0.4) is 0 Å². The molecule has 2 aromatic carbocycles. The molecule has 9 heteroatoms. The minimum absolute atomic E-state index is 0.0160. The van der Waals surface area contributed by atoms with Crippen molar-refractivity contribution in [3.05, 3.63) is 52.6 Å². The van der Waals surface area contributed by atoms with Crippen LogP contribution in [0.25, 0.3) is 0 Å². The molecule has 0 fully saturated rings. The Morgan fingerprint density at radius 1 is 1.00 bits per heavy atom. The Morgan fingerprint density at radius 3 is 2.38 bits per heavy atom. The summed E-state index contributed by atoms with van der Waals surface area (Å²) >= 11 is 0. The number of rotatable bonds is 5. The molecule has 2 aromatic rings. The van der Waals surface area contributed by atoms with Gasteiger partial charge < -0.3 is 15.6 Å². The van der Waals surface area contributed by atoms with E-state index in [-0.39, 0.29) is 52.7 Å². The van der Waals surface area contributed by atoms with Gasteiger partial charge in [0.2, 0.25) is 0 Å². The number of nitrogens with two attached hydrogens (primary N) is 1. The number of carbonyl (C=O) groups excluding carboxylic acids is 2. The van der Waals surface area contributed by atoms with E-state index in [9.17, 15) is 23.1 Å². The van der Waals surface area contributed by atoms with E-state index in [1.807, 2.05) is 0 Å². The van der Waals surface area contributed by atoms with Gasteiger partial charge in [-0.25, -0.2) is 0 Å². The summed E-state index contributed by atoms with van der Waals surface area (Å²) in [5, 5.41) is 9.98. The molecule has 136 valence electrons. The summed E-state index contributed by atoms with van der Waals surface area (Å²) in [5.74, 6) is -1.08. The molecule has 8 nitrogen and oxygen atoms in total. The van der Waals surface area contributed by atoms with E-state index in [1.54, 1.807) is 0 Å². The topological polar surface area (TPSA) is 133 Å². The largest absolute Gasteiger partial charge is 0.507 e. The highest BCUT2D eigenvalue weighted by Crippen LogP contribution is 2.36. The number of anilines is 1. The molecule has 3 rings (SSSR count). The molecule has 26 heavy (non-hydrogen) atoms. The van der Waals surface area contributed by atoms with Gasteiger partial charge >= 0.3 is 0 Å². The molecular weight excluding hydrogens is 362 g/mol. The summed E-state index contributed by atoms with van der Waals surface area (Å²) in [4.78, 5) is 25.4. The number of phenolic OH excluding ortho intramolecular Hbond substituents is 1. The summed E-state index contributed by atoms with van der Waals surface area (Å²) in [6, 6.07) is 6.89. The van der Waals surface area contributed by atoms with E-state index >= 15 is 0 Å². The summed E-state index contributed by atoms with van der Waals surface area (Å²) in [6.07, 6.45) is 0.922. The number of aromatic hydroxyl groups is 1. The van der Waals surface area contributed by atoms with Crippen molar-refractivity contribution in [3.63, 3.8) is 0 Å². The van der Waals surface area contributed by atoms with E-state index in [0.717, 1.165) is 6.26 Å². The van der Waals surface area contributed by atoms with Gasteiger partial charge in [-0.3, -0.25) is 13.8 Å². The highest BCUT2D eigenvalue weighted by molar-refractivity contribution is 7.85. The maximum Gasteiger partial charge on any atom is 0.264 e. The van der Waals surface area contributed by atoms with E-state index in [2.05, 4.69) is 4.18 Å². The fourth-order valence-electron chi connectivity index (χ4n) is 2.70. The zero-order valence-corrected chi connectivity index (χ0v) is 14.5. The van der Waals surface area contributed by atoms with Crippen molar-refractivity contribution in [2.75, 3.05) is 25.2 Å². The number of hydrogen-bond donors (Lipinski definition) is 2. The van der Waals surface area contributed by atoms with Gasteiger partial charge in [-0.1, -0.05) is 0 Å². The normalized spacial score (nSPS) is 13.3. The smallest absolute Gasteiger partial charge is 0.264 e. The van der Waals surface area contributed by atoms with Crippen molar-refractivity contribution >= 4 is 27.4 Å². The Balaban J connectivity index is 1.89. The van der Waals surface area contributed by atoms with Crippen LogP contribution in [-0.4, -0.2) is 44.6 Å². The van der Waals surface area contributed by atoms with Gasteiger partial charge in [0, 0.05) is 16.8 Å². The second kappa shape index (κ2) is 6.43. The first-order valence-corrected chi connectivity index (χ1v) is 9.33. The van der Waals surface area contributed by atoms with Crippen LogP contribution in [0.1, 0.15) is 31.8 Å².